The van der Waals surface area contributed by atoms with Gasteiger partial charge in [-0.3, -0.25) is 4.79 Å². The van der Waals surface area contributed by atoms with Crippen molar-refractivity contribution >= 4 is 23.2 Å². The Balaban J connectivity index is 1.57. The molecule has 2 aliphatic rings. The van der Waals surface area contributed by atoms with Gasteiger partial charge < -0.3 is 20.0 Å². The predicted octanol–water partition coefficient (Wildman–Crippen LogP) is 3.15. The van der Waals surface area contributed by atoms with E-state index in [1.54, 1.807) is 19.3 Å². The maximum absolute atomic E-state index is 12.8. The van der Waals surface area contributed by atoms with E-state index in [0.29, 0.717) is 36.1 Å². The Morgan fingerprint density at radius 3 is 2.60 bits per heavy atom. The van der Waals surface area contributed by atoms with Gasteiger partial charge in [0.05, 0.1) is 12.1 Å². The summed E-state index contributed by atoms with van der Waals surface area (Å²) in [7, 11) is 1.67. The van der Waals surface area contributed by atoms with Crippen LogP contribution in [0.4, 0.5) is 11.5 Å². The van der Waals surface area contributed by atoms with Crippen LogP contribution in [-0.4, -0.2) is 54.9 Å². The highest BCUT2D eigenvalue weighted by molar-refractivity contribution is 5.99. The molecule has 1 amide bonds. The van der Waals surface area contributed by atoms with Crippen LogP contribution in [0.1, 0.15) is 35.2 Å². The number of hydrogen-bond donors (Lipinski definition) is 2. The van der Waals surface area contributed by atoms with Crippen molar-refractivity contribution < 1.29 is 9.53 Å². The quantitative estimate of drug-likeness (QED) is 0.350. The van der Waals surface area contributed by atoms with E-state index in [2.05, 4.69) is 25.5 Å². The summed E-state index contributed by atoms with van der Waals surface area (Å²) in [5.41, 5.74) is 12.2. The minimum Gasteiger partial charge on any atom is -0.488 e. The molecule has 4 rings (SSSR count). The number of carbonyl (C=O) groups excluding carboxylic acids is 1. The average molecular weight is 407 g/mol. The lowest BCUT2D eigenvalue weighted by Crippen LogP contribution is -2.36. The van der Waals surface area contributed by atoms with Crippen molar-refractivity contribution in [3.8, 4) is 5.75 Å². The molecule has 30 heavy (non-hydrogen) atoms. The molecule has 0 spiro atoms. The molecule has 3 heterocycles. The molecule has 1 saturated heterocycles. The van der Waals surface area contributed by atoms with Gasteiger partial charge in [-0.15, -0.1) is 5.11 Å². The average Bonchev–Trinajstić information content (AvgIpc) is 2.82. The minimum absolute atomic E-state index is 0.0190. The highest BCUT2D eigenvalue weighted by Crippen LogP contribution is 2.35. The number of benzene rings is 1. The molecule has 0 radical (unpaired) electrons. The summed E-state index contributed by atoms with van der Waals surface area (Å²) in [4.78, 5) is 21.3. The SMILES string of the molecule is CN/N=C(\N=N)c1ccc(N2CCOc3cc(C(=O)N4CCCCC4)cnc32)cc1. The highest BCUT2D eigenvalue weighted by atomic mass is 16.5. The van der Waals surface area contributed by atoms with E-state index in [4.69, 9.17) is 10.3 Å². The normalized spacial score (nSPS) is 16.5. The van der Waals surface area contributed by atoms with Crippen LogP contribution in [0.25, 0.3) is 0 Å². The number of amides is 1. The molecule has 0 aliphatic carbocycles. The number of pyridine rings is 1. The van der Waals surface area contributed by atoms with Crippen molar-refractivity contribution in [2.24, 2.45) is 10.2 Å². The number of fused-ring (bicyclic) bond motifs is 1. The van der Waals surface area contributed by atoms with Crippen LogP contribution in [-0.2, 0) is 0 Å². The molecular formula is C21H25N7O2. The predicted molar refractivity (Wildman–Crippen MR) is 114 cm³/mol. The Kier molecular flexibility index (Phi) is 5.87. The highest BCUT2D eigenvalue weighted by Gasteiger charge is 2.25. The van der Waals surface area contributed by atoms with Crippen LogP contribution in [0, 0.1) is 5.53 Å². The Morgan fingerprint density at radius 2 is 1.90 bits per heavy atom. The lowest BCUT2D eigenvalue weighted by atomic mass is 10.1. The number of ether oxygens (including phenoxy) is 1. The molecule has 1 aromatic heterocycles. The molecule has 9 heteroatoms. The number of hydrogen-bond acceptors (Lipinski definition) is 7. The molecule has 0 atom stereocenters. The monoisotopic (exact) mass is 407 g/mol. The number of piperidine rings is 1. The van der Waals surface area contributed by atoms with Gasteiger partial charge in [0, 0.05) is 37.6 Å². The standard InChI is InChI=1S/C21H25N7O2/c1-23-26-19(25-22)15-5-7-17(8-6-15)28-11-12-30-18-13-16(14-24-20(18)28)21(29)27-9-3-2-4-10-27/h5-8,13-14,22-23H,2-4,9-12H2,1H3/b25-22?,26-19-. The lowest BCUT2D eigenvalue weighted by molar-refractivity contribution is 0.0723. The van der Waals surface area contributed by atoms with E-state index in [9.17, 15) is 4.79 Å². The fraction of sp³-hybridized carbons (Fsp3) is 0.381. The second-order valence-corrected chi connectivity index (χ2v) is 7.22. The van der Waals surface area contributed by atoms with E-state index >= 15 is 0 Å². The second-order valence-electron chi connectivity index (χ2n) is 7.22. The van der Waals surface area contributed by atoms with Crippen LogP contribution < -0.4 is 15.1 Å². The molecule has 2 N–H and O–H groups in total. The topological polar surface area (TPSA) is 106 Å². The first-order valence-electron chi connectivity index (χ1n) is 10.1. The van der Waals surface area contributed by atoms with Crippen molar-refractivity contribution in [3.63, 3.8) is 0 Å². The van der Waals surface area contributed by atoms with Crippen LogP contribution in [0.5, 0.6) is 5.75 Å². The largest absolute Gasteiger partial charge is 0.488 e. The summed E-state index contributed by atoms with van der Waals surface area (Å²) >= 11 is 0. The number of rotatable bonds is 4. The van der Waals surface area contributed by atoms with Gasteiger partial charge in [-0.25, -0.2) is 10.5 Å². The zero-order valence-electron chi connectivity index (χ0n) is 17.0. The molecule has 9 nitrogen and oxygen atoms in total. The first-order valence-corrected chi connectivity index (χ1v) is 10.1. The van der Waals surface area contributed by atoms with E-state index in [0.717, 1.165) is 37.2 Å². The number of nitrogens with zero attached hydrogens (tertiary/aromatic N) is 5. The van der Waals surface area contributed by atoms with Gasteiger partial charge in [0.25, 0.3) is 5.91 Å². The summed E-state index contributed by atoms with van der Waals surface area (Å²) in [5, 5.41) is 7.43. The van der Waals surface area contributed by atoms with Gasteiger partial charge in [-0.2, -0.15) is 5.10 Å². The zero-order chi connectivity index (χ0) is 20.9. The number of nitrogens with one attached hydrogen (secondary N) is 2. The summed E-state index contributed by atoms with van der Waals surface area (Å²) < 4.78 is 5.82. The Hall–Kier alpha value is -3.49. The summed E-state index contributed by atoms with van der Waals surface area (Å²) in [6, 6.07) is 9.42. The van der Waals surface area contributed by atoms with Crippen molar-refractivity contribution in [2.45, 2.75) is 19.3 Å². The molecule has 0 bridgehead atoms. The zero-order valence-corrected chi connectivity index (χ0v) is 17.0. The second kappa shape index (κ2) is 8.89. The van der Waals surface area contributed by atoms with Gasteiger partial charge in [-0.1, -0.05) is 0 Å². The number of likely N-dealkylation sites (tertiary alicyclic amines) is 1. The van der Waals surface area contributed by atoms with Crippen LogP contribution >= 0.6 is 0 Å². The first-order chi connectivity index (χ1) is 14.7. The fourth-order valence-corrected chi connectivity index (χ4v) is 3.80. The van der Waals surface area contributed by atoms with E-state index in [1.165, 1.54) is 6.42 Å². The number of carbonyl (C=O) groups is 1. The van der Waals surface area contributed by atoms with Crippen molar-refractivity contribution in [3.05, 3.63) is 47.7 Å². The maximum atomic E-state index is 12.8. The van der Waals surface area contributed by atoms with Gasteiger partial charge in [0.15, 0.2) is 17.4 Å². The van der Waals surface area contributed by atoms with E-state index in [1.807, 2.05) is 29.2 Å². The van der Waals surface area contributed by atoms with Gasteiger partial charge in [0.2, 0.25) is 0 Å². The van der Waals surface area contributed by atoms with Gasteiger partial charge in [0.1, 0.15) is 6.61 Å². The van der Waals surface area contributed by atoms with E-state index in [-0.39, 0.29) is 5.91 Å². The third-order valence-corrected chi connectivity index (χ3v) is 5.31. The van der Waals surface area contributed by atoms with Crippen LogP contribution in [0.3, 0.4) is 0 Å². The molecule has 0 unspecified atom stereocenters. The Bertz CT molecular complexity index is 952. The summed E-state index contributed by atoms with van der Waals surface area (Å²) in [6.45, 7) is 2.77. The third kappa shape index (κ3) is 3.96. The van der Waals surface area contributed by atoms with Crippen molar-refractivity contribution in [2.75, 3.05) is 38.2 Å². The number of aromatic nitrogens is 1. The molecule has 156 valence electrons. The number of anilines is 2. The molecule has 1 fully saturated rings. The van der Waals surface area contributed by atoms with Crippen LogP contribution in [0.15, 0.2) is 46.7 Å². The Morgan fingerprint density at radius 1 is 1.13 bits per heavy atom. The summed E-state index contributed by atoms with van der Waals surface area (Å²) in [6.07, 6.45) is 4.93. The third-order valence-electron chi connectivity index (χ3n) is 5.31. The molecule has 0 saturated carbocycles. The van der Waals surface area contributed by atoms with Gasteiger partial charge >= 0.3 is 0 Å². The summed E-state index contributed by atoms with van der Waals surface area (Å²) in [5.74, 6) is 1.64. The number of amidine groups is 1. The van der Waals surface area contributed by atoms with Crippen molar-refractivity contribution in [1.29, 1.82) is 5.53 Å². The lowest BCUT2D eigenvalue weighted by Gasteiger charge is -2.31. The first kappa shape index (κ1) is 19.8. The smallest absolute Gasteiger partial charge is 0.255 e. The minimum atomic E-state index is 0.0190. The molecule has 2 aliphatic heterocycles. The fourth-order valence-electron chi connectivity index (χ4n) is 3.80. The van der Waals surface area contributed by atoms with E-state index < -0.39 is 0 Å². The maximum Gasteiger partial charge on any atom is 0.255 e. The molecule has 1 aromatic carbocycles. The van der Waals surface area contributed by atoms with Gasteiger partial charge in [-0.05, 0) is 49.6 Å². The number of hydrazone groups is 1. The molecular weight excluding hydrogens is 382 g/mol. The van der Waals surface area contributed by atoms with Crippen LogP contribution in [0.2, 0.25) is 0 Å². The molecule has 2 aromatic rings. The Labute approximate surface area is 175 Å². The van der Waals surface area contributed by atoms with Crippen molar-refractivity contribution in [1.82, 2.24) is 15.3 Å².